The molecule has 0 aliphatic heterocycles. The number of hydrogen-bond donors (Lipinski definition) is 1. The van der Waals surface area contributed by atoms with Gasteiger partial charge in [-0.1, -0.05) is 28.2 Å². The zero-order valence-electron chi connectivity index (χ0n) is 10.5. The Hall–Kier alpha value is -1.65. The van der Waals surface area contributed by atoms with Crippen molar-refractivity contribution in [2.45, 2.75) is 46.6 Å². The molecule has 5 heteroatoms. The summed E-state index contributed by atoms with van der Waals surface area (Å²) in [6.07, 6.45) is -0.937. The first-order valence-electron chi connectivity index (χ1n) is 5.75. The first kappa shape index (κ1) is 17.4. The summed E-state index contributed by atoms with van der Waals surface area (Å²) >= 11 is 0. The number of aliphatic carboxylic acids is 1. The number of ether oxygens (including phenoxy) is 1. The van der Waals surface area contributed by atoms with Crippen LogP contribution in [0.5, 0.6) is 5.75 Å². The van der Waals surface area contributed by atoms with Crippen molar-refractivity contribution in [2.24, 2.45) is 0 Å². The Balaban J connectivity index is 0.00000324. The summed E-state index contributed by atoms with van der Waals surface area (Å²) in [7, 11) is 0. The zero-order chi connectivity index (χ0) is 13.9. The Kier molecular flexibility index (Phi) is 6.45. The number of carboxylic acid groups (broad SMARTS) is 1. The van der Waals surface area contributed by atoms with Crippen LogP contribution in [0.25, 0.3) is 0 Å². The van der Waals surface area contributed by atoms with Crippen LogP contribution in [0.3, 0.4) is 0 Å². The van der Waals surface area contributed by atoms with E-state index in [9.17, 15) is 13.6 Å². The largest absolute Gasteiger partial charge is 0.479 e. The molecule has 0 amide bonds. The Labute approximate surface area is 112 Å². The van der Waals surface area contributed by atoms with Gasteiger partial charge >= 0.3 is 5.97 Å². The maximum atomic E-state index is 14.0. The lowest BCUT2D eigenvalue weighted by atomic mass is 10.0. The molecule has 0 radical (unpaired) electrons. The summed E-state index contributed by atoms with van der Waals surface area (Å²) in [5, 5.41) is 8.84. The molecule has 0 saturated carbocycles. The lowest BCUT2D eigenvalue weighted by Crippen LogP contribution is -2.26. The summed E-state index contributed by atoms with van der Waals surface area (Å²) < 4.78 is 32.5. The summed E-state index contributed by atoms with van der Waals surface area (Å²) in [4.78, 5) is 10.8. The second-order valence-corrected chi connectivity index (χ2v) is 4.28. The highest BCUT2D eigenvalue weighted by Gasteiger charge is 2.22. The molecule has 0 aliphatic rings. The molecule has 0 heterocycles. The van der Waals surface area contributed by atoms with Gasteiger partial charge in [-0.25, -0.2) is 13.6 Å². The summed E-state index contributed by atoms with van der Waals surface area (Å²) in [5.41, 5.74) is -0.0901. The van der Waals surface area contributed by atoms with E-state index >= 15 is 0 Å². The molecular weight excluding hydrogens is 254 g/mol. The van der Waals surface area contributed by atoms with Crippen LogP contribution in [0.4, 0.5) is 8.78 Å². The summed E-state index contributed by atoms with van der Waals surface area (Å²) in [5.74, 6) is -3.23. The number of hydrogen-bond acceptors (Lipinski definition) is 2. The smallest absolute Gasteiger partial charge is 0.344 e. The van der Waals surface area contributed by atoms with E-state index in [0.29, 0.717) is 0 Å². The van der Waals surface area contributed by atoms with Gasteiger partial charge in [-0.2, -0.15) is 0 Å². The maximum Gasteiger partial charge on any atom is 0.344 e. The average Bonchev–Trinajstić information content (AvgIpc) is 2.27. The lowest BCUT2D eigenvalue weighted by molar-refractivity contribution is -0.145. The van der Waals surface area contributed by atoms with Crippen molar-refractivity contribution in [3.05, 3.63) is 29.3 Å². The third-order valence-corrected chi connectivity index (χ3v) is 2.58. The molecule has 108 valence electrons. The number of carbonyl (C=O) groups is 1. The third-order valence-electron chi connectivity index (χ3n) is 2.58. The molecule has 0 aliphatic carbocycles. The van der Waals surface area contributed by atoms with Crippen molar-refractivity contribution >= 4 is 5.97 Å². The molecule has 1 unspecified atom stereocenters. The molecule has 3 nitrogen and oxygen atoms in total. The fourth-order valence-corrected chi connectivity index (χ4v) is 1.63. The van der Waals surface area contributed by atoms with Gasteiger partial charge in [0.1, 0.15) is 5.82 Å². The van der Waals surface area contributed by atoms with Gasteiger partial charge in [0.25, 0.3) is 0 Å². The topological polar surface area (TPSA) is 46.5 Å². The standard InChI is InChI=1S/C13H16F2O3.CH4/c1-4-9(13(16)17)18-10-6-5-8(14)11(7(2)3)12(10)15;/h5-7,9H,4H2,1-3H3,(H,16,17);1H4. The Morgan fingerprint density at radius 3 is 2.37 bits per heavy atom. The highest BCUT2D eigenvalue weighted by Crippen LogP contribution is 2.29. The molecule has 0 saturated heterocycles. The van der Waals surface area contributed by atoms with E-state index in [4.69, 9.17) is 9.84 Å². The predicted octanol–water partition coefficient (Wildman–Crippen LogP) is 3.97. The van der Waals surface area contributed by atoms with E-state index < -0.39 is 23.7 Å². The van der Waals surface area contributed by atoms with Crippen LogP contribution in [0, 0.1) is 11.6 Å². The molecule has 1 rings (SSSR count). The zero-order valence-corrected chi connectivity index (χ0v) is 10.5. The summed E-state index contributed by atoms with van der Waals surface area (Å²) in [6, 6.07) is 2.20. The highest BCUT2D eigenvalue weighted by atomic mass is 19.1. The molecular formula is C14H20F2O3. The Morgan fingerprint density at radius 1 is 1.37 bits per heavy atom. The van der Waals surface area contributed by atoms with Crippen molar-refractivity contribution in [1.82, 2.24) is 0 Å². The van der Waals surface area contributed by atoms with E-state index in [1.54, 1.807) is 20.8 Å². The predicted molar refractivity (Wildman–Crippen MR) is 69.5 cm³/mol. The second-order valence-electron chi connectivity index (χ2n) is 4.28. The van der Waals surface area contributed by atoms with Gasteiger partial charge in [-0.3, -0.25) is 0 Å². The third kappa shape index (κ3) is 3.91. The van der Waals surface area contributed by atoms with Crippen LogP contribution in [0.15, 0.2) is 12.1 Å². The van der Waals surface area contributed by atoms with Crippen molar-refractivity contribution < 1.29 is 23.4 Å². The van der Waals surface area contributed by atoms with Gasteiger partial charge in [0.15, 0.2) is 17.7 Å². The first-order valence-corrected chi connectivity index (χ1v) is 5.75. The molecule has 1 N–H and O–H groups in total. The molecule has 1 atom stereocenters. The Bertz CT molecular complexity index is 445. The normalized spacial score (nSPS) is 11.9. The van der Waals surface area contributed by atoms with Gasteiger partial charge in [-0.15, -0.1) is 0 Å². The number of carboxylic acids is 1. The van der Waals surface area contributed by atoms with Crippen molar-refractivity contribution in [1.29, 1.82) is 0 Å². The minimum atomic E-state index is -1.17. The molecule has 1 aromatic carbocycles. The van der Waals surface area contributed by atoms with Gasteiger partial charge < -0.3 is 9.84 Å². The van der Waals surface area contributed by atoms with Crippen LogP contribution in [-0.4, -0.2) is 17.2 Å². The summed E-state index contributed by atoms with van der Waals surface area (Å²) in [6.45, 7) is 4.92. The van der Waals surface area contributed by atoms with Crippen molar-refractivity contribution in [3.8, 4) is 5.75 Å². The molecule has 0 aromatic heterocycles. The minimum Gasteiger partial charge on any atom is -0.479 e. The molecule has 0 fully saturated rings. The number of rotatable bonds is 5. The molecule has 19 heavy (non-hydrogen) atoms. The van der Waals surface area contributed by atoms with E-state index in [2.05, 4.69) is 0 Å². The highest BCUT2D eigenvalue weighted by molar-refractivity contribution is 5.72. The van der Waals surface area contributed by atoms with Crippen LogP contribution >= 0.6 is 0 Å². The maximum absolute atomic E-state index is 14.0. The SMILES string of the molecule is C.CCC(Oc1ccc(F)c(C(C)C)c1F)C(=O)O. The van der Waals surface area contributed by atoms with Gasteiger partial charge in [0.05, 0.1) is 0 Å². The fourth-order valence-electron chi connectivity index (χ4n) is 1.63. The van der Waals surface area contributed by atoms with E-state index in [-0.39, 0.29) is 31.1 Å². The van der Waals surface area contributed by atoms with Gasteiger partial charge in [0.2, 0.25) is 0 Å². The number of benzene rings is 1. The quantitative estimate of drug-likeness (QED) is 0.883. The minimum absolute atomic E-state index is 0. The van der Waals surface area contributed by atoms with Gasteiger partial charge in [0, 0.05) is 5.56 Å². The van der Waals surface area contributed by atoms with Crippen LogP contribution in [0.2, 0.25) is 0 Å². The van der Waals surface area contributed by atoms with E-state index in [1.165, 1.54) is 0 Å². The molecule has 0 spiro atoms. The van der Waals surface area contributed by atoms with E-state index in [1.807, 2.05) is 0 Å². The monoisotopic (exact) mass is 274 g/mol. The fraction of sp³-hybridized carbons (Fsp3) is 0.500. The van der Waals surface area contributed by atoms with Crippen molar-refractivity contribution in [2.75, 3.05) is 0 Å². The lowest BCUT2D eigenvalue weighted by Gasteiger charge is -2.16. The Morgan fingerprint density at radius 2 is 1.95 bits per heavy atom. The second kappa shape index (κ2) is 7.07. The number of halogens is 2. The van der Waals surface area contributed by atoms with Gasteiger partial charge in [-0.05, 0) is 24.5 Å². The van der Waals surface area contributed by atoms with Crippen molar-refractivity contribution in [3.63, 3.8) is 0 Å². The molecule has 1 aromatic rings. The first-order chi connectivity index (χ1) is 8.38. The van der Waals surface area contributed by atoms with E-state index in [0.717, 1.165) is 12.1 Å². The van der Waals surface area contributed by atoms with Crippen LogP contribution < -0.4 is 4.74 Å². The van der Waals surface area contributed by atoms with Crippen LogP contribution in [-0.2, 0) is 4.79 Å². The molecule has 0 bridgehead atoms. The average molecular weight is 274 g/mol. The van der Waals surface area contributed by atoms with Crippen LogP contribution in [0.1, 0.15) is 46.1 Å².